The van der Waals surface area contributed by atoms with Crippen LogP contribution in [-0.2, 0) is 29.4 Å². The third-order valence-electron chi connectivity index (χ3n) is 5.41. The van der Waals surface area contributed by atoms with E-state index in [2.05, 4.69) is 4.74 Å². The molecule has 2 rings (SSSR count). The zero-order valence-corrected chi connectivity index (χ0v) is 19.9. The van der Waals surface area contributed by atoms with Crippen LogP contribution in [-0.4, -0.2) is 52.7 Å². The maximum Gasteiger partial charge on any atom is 0.432 e. The van der Waals surface area contributed by atoms with E-state index in [1.165, 1.54) is 52.5 Å². The quantitative estimate of drug-likeness (QED) is 0.353. The van der Waals surface area contributed by atoms with Gasteiger partial charge >= 0.3 is 18.1 Å². The summed E-state index contributed by atoms with van der Waals surface area (Å²) in [5.41, 5.74) is -3.40. The highest BCUT2D eigenvalue weighted by Crippen LogP contribution is 2.44. The number of hydrogen-bond donors (Lipinski definition) is 0. The first-order valence-electron chi connectivity index (χ1n) is 10.4. The van der Waals surface area contributed by atoms with Gasteiger partial charge in [0.25, 0.3) is 5.60 Å². The zero-order valence-electron chi connectivity index (χ0n) is 19.9. The van der Waals surface area contributed by atoms with E-state index < -0.39 is 41.3 Å². The van der Waals surface area contributed by atoms with Crippen molar-refractivity contribution in [2.24, 2.45) is 0 Å². The van der Waals surface area contributed by atoms with Gasteiger partial charge in [0.2, 0.25) is 0 Å². The number of benzene rings is 2. The molecule has 35 heavy (non-hydrogen) atoms. The number of esters is 2. The van der Waals surface area contributed by atoms with E-state index >= 15 is 0 Å². The fourth-order valence-corrected chi connectivity index (χ4v) is 3.58. The number of halogens is 3. The molecule has 0 saturated heterocycles. The van der Waals surface area contributed by atoms with Crippen molar-refractivity contribution in [1.82, 2.24) is 0 Å². The predicted octanol–water partition coefficient (Wildman–Crippen LogP) is 4.55. The molecular formula is C25H27F3O7. The lowest BCUT2D eigenvalue weighted by Gasteiger charge is -2.34. The molecule has 0 heterocycles. The highest BCUT2D eigenvalue weighted by molar-refractivity contribution is 5.83. The lowest BCUT2D eigenvalue weighted by Crippen LogP contribution is -2.52. The monoisotopic (exact) mass is 496 g/mol. The average Bonchev–Trinajstić information content (AvgIpc) is 2.84. The molecule has 0 aliphatic rings. The van der Waals surface area contributed by atoms with E-state index in [-0.39, 0.29) is 0 Å². The molecule has 0 spiro atoms. The Morgan fingerprint density at radius 3 is 2.11 bits per heavy atom. The summed E-state index contributed by atoms with van der Waals surface area (Å²) in [5, 5.41) is 0. The van der Waals surface area contributed by atoms with E-state index in [1.807, 2.05) is 0 Å². The second-order valence-electron chi connectivity index (χ2n) is 7.38. The van der Waals surface area contributed by atoms with Gasteiger partial charge in [0.15, 0.2) is 0 Å². The lowest BCUT2D eigenvalue weighted by atomic mass is 9.90. The van der Waals surface area contributed by atoms with Crippen molar-refractivity contribution in [3.63, 3.8) is 0 Å². The van der Waals surface area contributed by atoms with Crippen molar-refractivity contribution in [1.29, 1.82) is 0 Å². The first-order chi connectivity index (χ1) is 16.5. The molecule has 2 aromatic rings. The summed E-state index contributed by atoms with van der Waals surface area (Å²) < 4.78 is 68.2. The average molecular weight is 496 g/mol. The first-order valence-corrected chi connectivity index (χ1v) is 10.4. The van der Waals surface area contributed by atoms with Gasteiger partial charge in [-0.3, -0.25) is 0 Å². The summed E-state index contributed by atoms with van der Waals surface area (Å²) in [4.78, 5) is 24.9. The van der Waals surface area contributed by atoms with Crippen LogP contribution in [0.1, 0.15) is 24.0 Å². The van der Waals surface area contributed by atoms with Crippen LogP contribution in [0.15, 0.2) is 60.7 Å². The summed E-state index contributed by atoms with van der Waals surface area (Å²) in [6.07, 6.45) is -3.90. The fourth-order valence-electron chi connectivity index (χ4n) is 3.58. The number of carbonyl (C=O) groups is 2. The standard InChI is InChI=1S/C25H27F3O7/c1-16(35-23(30)24(34-5,25(26,27)28)17-9-7-6-8-10-17)19(12-14-22(29)33-4)20-15-18(31-2)11-13-21(20)32-3/h6-16,19H,1-5H3/b14-12+/t16-,19+,24-/m1/s1. The Morgan fingerprint density at radius 2 is 1.60 bits per heavy atom. The third-order valence-corrected chi connectivity index (χ3v) is 5.41. The van der Waals surface area contributed by atoms with Crippen LogP contribution in [0.5, 0.6) is 11.5 Å². The van der Waals surface area contributed by atoms with Gasteiger partial charge < -0.3 is 23.7 Å². The molecule has 190 valence electrons. The van der Waals surface area contributed by atoms with Crippen LogP contribution in [0.3, 0.4) is 0 Å². The Morgan fingerprint density at radius 1 is 0.943 bits per heavy atom. The number of hydrogen-bond acceptors (Lipinski definition) is 7. The largest absolute Gasteiger partial charge is 0.497 e. The summed E-state index contributed by atoms with van der Waals surface area (Å²) in [6, 6.07) is 11.3. The summed E-state index contributed by atoms with van der Waals surface area (Å²) in [5.74, 6) is -2.53. The zero-order chi connectivity index (χ0) is 26.2. The van der Waals surface area contributed by atoms with Crippen molar-refractivity contribution in [3.8, 4) is 11.5 Å². The van der Waals surface area contributed by atoms with Crippen molar-refractivity contribution in [2.45, 2.75) is 30.7 Å². The minimum atomic E-state index is -5.13. The maximum absolute atomic E-state index is 14.3. The molecule has 7 nitrogen and oxygen atoms in total. The minimum Gasteiger partial charge on any atom is -0.497 e. The molecule has 0 fully saturated rings. The lowest BCUT2D eigenvalue weighted by molar-refractivity contribution is -0.278. The van der Waals surface area contributed by atoms with Crippen LogP contribution in [0.4, 0.5) is 13.2 Å². The number of methoxy groups -OCH3 is 4. The Hall–Kier alpha value is -3.53. The second-order valence-corrected chi connectivity index (χ2v) is 7.38. The SMILES string of the molecule is COC(=O)/C=C/[C@H](c1cc(OC)ccc1OC)[C@@H](C)OC(=O)[C@](OC)(c1ccccc1)C(F)(F)F. The van der Waals surface area contributed by atoms with Crippen LogP contribution in [0.2, 0.25) is 0 Å². The Labute approximate surface area is 201 Å². The molecule has 0 aromatic heterocycles. The van der Waals surface area contributed by atoms with Gasteiger partial charge in [0.05, 0.1) is 21.3 Å². The fraction of sp³-hybridized carbons (Fsp3) is 0.360. The molecule has 0 N–H and O–H groups in total. The number of rotatable bonds is 10. The van der Waals surface area contributed by atoms with Crippen molar-refractivity contribution in [2.75, 3.05) is 28.4 Å². The Balaban J connectivity index is 2.56. The highest BCUT2D eigenvalue weighted by atomic mass is 19.4. The van der Waals surface area contributed by atoms with Gasteiger partial charge in [0.1, 0.15) is 17.6 Å². The molecule has 0 bridgehead atoms. The summed E-state index contributed by atoms with van der Waals surface area (Å²) in [7, 11) is 4.79. The molecule has 0 aliphatic carbocycles. The van der Waals surface area contributed by atoms with Crippen molar-refractivity contribution < 1.29 is 46.4 Å². The van der Waals surface area contributed by atoms with Crippen LogP contribution < -0.4 is 9.47 Å². The molecule has 10 heteroatoms. The minimum absolute atomic E-state index is 0.338. The Kier molecular flexibility index (Phi) is 9.30. The summed E-state index contributed by atoms with van der Waals surface area (Å²) in [6.45, 7) is 1.39. The van der Waals surface area contributed by atoms with Crippen LogP contribution >= 0.6 is 0 Å². The van der Waals surface area contributed by atoms with E-state index in [0.717, 1.165) is 25.3 Å². The predicted molar refractivity (Wildman–Crippen MR) is 120 cm³/mol. The van der Waals surface area contributed by atoms with Gasteiger partial charge in [-0.25, -0.2) is 9.59 Å². The van der Waals surface area contributed by atoms with Crippen LogP contribution in [0.25, 0.3) is 0 Å². The van der Waals surface area contributed by atoms with Gasteiger partial charge in [-0.1, -0.05) is 36.4 Å². The first kappa shape index (κ1) is 27.7. The highest BCUT2D eigenvalue weighted by Gasteiger charge is 2.64. The van der Waals surface area contributed by atoms with Crippen molar-refractivity contribution >= 4 is 11.9 Å². The van der Waals surface area contributed by atoms with E-state index in [9.17, 15) is 22.8 Å². The molecule has 0 amide bonds. The maximum atomic E-state index is 14.3. The van der Waals surface area contributed by atoms with Gasteiger partial charge in [0, 0.05) is 30.2 Å². The topological polar surface area (TPSA) is 80.3 Å². The summed E-state index contributed by atoms with van der Waals surface area (Å²) >= 11 is 0. The second kappa shape index (κ2) is 11.7. The number of ether oxygens (including phenoxy) is 5. The van der Waals surface area contributed by atoms with Gasteiger partial charge in [-0.2, -0.15) is 13.2 Å². The van der Waals surface area contributed by atoms with E-state index in [4.69, 9.17) is 18.9 Å². The smallest absolute Gasteiger partial charge is 0.432 e. The van der Waals surface area contributed by atoms with Gasteiger partial charge in [-0.05, 0) is 25.1 Å². The molecule has 0 saturated carbocycles. The number of alkyl halides is 3. The molecule has 2 aromatic carbocycles. The Bertz CT molecular complexity index is 1040. The van der Waals surface area contributed by atoms with Crippen molar-refractivity contribution in [3.05, 3.63) is 71.8 Å². The molecular weight excluding hydrogens is 469 g/mol. The van der Waals surface area contributed by atoms with Crippen LogP contribution in [0, 0.1) is 0 Å². The molecule has 3 atom stereocenters. The molecule has 0 aliphatic heterocycles. The van der Waals surface area contributed by atoms with Gasteiger partial charge in [-0.15, -0.1) is 0 Å². The number of carbonyl (C=O) groups excluding carboxylic acids is 2. The normalized spacial score (nSPS) is 15.1. The van der Waals surface area contributed by atoms with E-state index in [0.29, 0.717) is 17.1 Å². The van der Waals surface area contributed by atoms with E-state index in [1.54, 1.807) is 18.2 Å². The third kappa shape index (κ3) is 5.94. The molecule has 0 radical (unpaired) electrons. The molecule has 0 unspecified atom stereocenters.